The zero-order valence-electron chi connectivity index (χ0n) is 7.56. The molecule has 70 valence electrons. The summed E-state index contributed by atoms with van der Waals surface area (Å²) in [6, 6.07) is 20.0. The van der Waals surface area contributed by atoms with Crippen LogP contribution in [0.15, 0.2) is 60.7 Å². The Balaban J connectivity index is -0.000000125. The number of hydrogen-bond donors (Lipinski definition) is 0. The van der Waals surface area contributed by atoms with Crippen molar-refractivity contribution in [1.82, 2.24) is 0 Å². The normalized spacial score (nSPS) is 6.15. The summed E-state index contributed by atoms with van der Waals surface area (Å²) in [6.45, 7) is 0. The van der Waals surface area contributed by atoms with E-state index in [0.717, 1.165) is 0 Å². The van der Waals surface area contributed by atoms with Gasteiger partial charge in [-0.15, -0.1) is 0 Å². The van der Waals surface area contributed by atoms with Crippen molar-refractivity contribution < 1.29 is 29.8 Å². The van der Waals surface area contributed by atoms with E-state index < -0.39 is 0 Å². The molecule has 0 aliphatic carbocycles. The third-order valence-corrected chi connectivity index (χ3v) is 1.11. The van der Waals surface area contributed by atoms with E-state index in [0.29, 0.717) is 0 Å². The molecule has 0 N–H and O–H groups in total. The summed E-state index contributed by atoms with van der Waals surface area (Å²) in [7, 11) is 0. The molecule has 0 saturated carbocycles. The molecule has 0 aliphatic heterocycles. The molecule has 0 unspecified atom stereocenters. The Bertz CT molecular complexity index is 149. The van der Waals surface area contributed by atoms with Crippen molar-refractivity contribution in [2.24, 2.45) is 0 Å². The van der Waals surface area contributed by atoms with E-state index in [4.69, 9.17) is 0 Å². The molecule has 0 bridgehead atoms. The van der Waals surface area contributed by atoms with Gasteiger partial charge in [-0.05, 0) is 0 Å². The Morgan fingerprint density at radius 2 is 0.846 bits per heavy atom. The van der Waals surface area contributed by atoms with Crippen LogP contribution < -0.4 is 12.4 Å². The smallest absolute Gasteiger partial charge is 1.00 e. The summed E-state index contributed by atoms with van der Waals surface area (Å²) in [5.41, 5.74) is 0. The maximum Gasteiger partial charge on any atom is 4.00 e. The summed E-state index contributed by atoms with van der Waals surface area (Å²) >= 11 is 0. The average Bonchev–Trinajstić information content (AvgIpc) is 2.67. The molecule has 13 heavy (non-hydrogen) atoms. The monoisotopic (exact) mass is 232 g/mol. The summed E-state index contributed by atoms with van der Waals surface area (Å²) in [6.07, 6.45) is 0. The van der Waals surface area contributed by atoms with Gasteiger partial charge in [0.05, 0.1) is 0 Å². The first-order valence-electron chi connectivity index (χ1n) is 3.33. The van der Waals surface area contributed by atoms with Crippen molar-refractivity contribution in [3.8, 4) is 0 Å². The first-order chi connectivity index (χ1) is 5.00. The van der Waals surface area contributed by atoms with Gasteiger partial charge in [0.2, 0.25) is 0 Å². The van der Waals surface area contributed by atoms with Crippen LogP contribution in [0.25, 0.3) is 0 Å². The Labute approximate surface area is 97.9 Å². The Morgan fingerprint density at radius 1 is 0.615 bits per heavy atom. The minimum atomic E-state index is 0. The Morgan fingerprint density at radius 3 is 0.923 bits per heavy atom. The minimum absolute atomic E-state index is 0. The molecular weight excluding hydrogens is 220 g/mol. The van der Waals surface area contributed by atoms with Gasteiger partial charge in [0.25, 0.3) is 0 Å². The van der Waals surface area contributed by atoms with Gasteiger partial charge in [-0.3, -0.25) is 0 Å². The summed E-state index contributed by atoms with van der Waals surface area (Å²) < 4.78 is 0. The standard InChI is InChI=1S/2C5H5.CH3.ClH.Cr/c2*1-2-4-5-3-1;;;/h2*1-5H;1H3;1H;/q3*-1;;+4/p-1. The van der Waals surface area contributed by atoms with Crippen molar-refractivity contribution in [2.75, 3.05) is 0 Å². The zero-order valence-corrected chi connectivity index (χ0v) is 9.59. The maximum atomic E-state index is 2.00. The molecule has 2 aromatic carbocycles. The van der Waals surface area contributed by atoms with E-state index in [-0.39, 0.29) is 37.2 Å². The van der Waals surface area contributed by atoms with Crippen LogP contribution in [0.4, 0.5) is 0 Å². The molecule has 0 aliphatic rings. The van der Waals surface area contributed by atoms with Crippen LogP contribution >= 0.6 is 0 Å². The van der Waals surface area contributed by atoms with Crippen molar-refractivity contribution >= 4 is 0 Å². The molecule has 2 heteroatoms. The predicted molar refractivity (Wildman–Crippen MR) is 50.5 cm³/mol. The molecule has 0 nitrogen and oxygen atoms in total. The molecule has 2 aromatic rings. The molecule has 0 spiro atoms. The zero-order chi connectivity index (χ0) is 7.07. The number of hydrogen-bond acceptors (Lipinski definition) is 0. The van der Waals surface area contributed by atoms with E-state index in [1.165, 1.54) is 0 Å². The van der Waals surface area contributed by atoms with Crippen LogP contribution in [-0.4, -0.2) is 0 Å². The van der Waals surface area contributed by atoms with Gasteiger partial charge in [-0.25, -0.2) is 24.3 Å². The van der Waals surface area contributed by atoms with Gasteiger partial charge >= 0.3 is 17.4 Å². The Kier molecular flexibility index (Phi) is 19.8. The predicted octanol–water partition coefficient (Wildman–Crippen LogP) is 0.263. The molecule has 0 atom stereocenters. The van der Waals surface area contributed by atoms with Crippen LogP contribution in [0.3, 0.4) is 0 Å². The molecule has 0 amide bonds. The molecule has 2 rings (SSSR count). The van der Waals surface area contributed by atoms with Gasteiger partial charge in [0.1, 0.15) is 0 Å². The van der Waals surface area contributed by atoms with Crippen LogP contribution in [0.1, 0.15) is 0 Å². The van der Waals surface area contributed by atoms with E-state index in [9.17, 15) is 0 Å². The fraction of sp³-hybridized carbons (Fsp3) is 0. The molecular formula is C11H13ClCr. The van der Waals surface area contributed by atoms with Crippen molar-refractivity contribution in [3.63, 3.8) is 0 Å². The van der Waals surface area contributed by atoms with Gasteiger partial charge in [-0.1, -0.05) is 0 Å². The molecule has 0 radical (unpaired) electrons. The quantitative estimate of drug-likeness (QED) is 0.572. The summed E-state index contributed by atoms with van der Waals surface area (Å²) in [5.74, 6) is 0. The maximum absolute atomic E-state index is 2.00. The largest absolute Gasteiger partial charge is 4.00 e. The second kappa shape index (κ2) is 14.1. The van der Waals surface area contributed by atoms with E-state index in [2.05, 4.69) is 0 Å². The van der Waals surface area contributed by atoms with Crippen molar-refractivity contribution in [1.29, 1.82) is 0 Å². The Hall–Kier alpha value is -0.478. The number of halogens is 1. The third kappa shape index (κ3) is 11.5. The van der Waals surface area contributed by atoms with Gasteiger partial charge in [0.15, 0.2) is 0 Å². The van der Waals surface area contributed by atoms with Gasteiger partial charge in [0, 0.05) is 0 Å². The second-order valence-electron chi connectivity index (χ2n) is 1.92. The van der Waals surface area contributed by atoms with Crippen LogP contribution in [0.5, 0.6) is 0 Å². The van der Waals surface area contributed by atoms with Crippen molar-refractivity contribution in [2.45, 2.75) is 0 Å². The number of rotatable bonds is 0. The minimum Gasteiger partial charge on any atom is -1.00 e. The topological polar surface area (TPSA) is 0 Å². The van der Waals surface area contributed by atoms with Gasteiger partial charge in [-0.2, -0.15) is 36.4 Å². The van der Waals surface area contributed by atoms with Crippen molar-refractivity contribution in [3.05, 3.63) is 68.1 Å². The first-order valence-corrected chi connectivity index (χ1v) is 3.33. The van der Waals surface area contributed by atoms with Crippen LogP contribution in [-0.2, 0) is 17.4 Å². The van der Waals surface area contributed by atoms with Crippen LogP contribution in [0.2, 0.25) is 0 Å². The van der Waals surface area contributed by atoms with E-state index >= 15 is 0 Å². The molecule has 0 saturated heterocycles. The molecule has 0 heterocycles. The third-order valence-electron chi connectivity index (χ3n) is 1.11. The fourth-order valence-corrected chi connectivity index (χ4v) is 0.642. The summed E-state index contributed by atoms with van der Waals surface area (Å²) in [4.78, 5) is 0. The van der Waals surface area contributed by atoms with E-state index in [1.807, 2.05) is 60.7 Å². The first kappa shape index (κ1) is 18.3. The molecule has 0 aromatic heterocycles. The average molecular weight is 233 g/mol. The van der Waals surface area contributed by atoms with E-state index in [1.54, 1.807) is 0 Å². The van der Waals surface area contributed by atoms with Crippen LogP contribution in [0, 0.1) is 7.43 Å². The summed E-state index contributed by atoms with van der Waals surface area (Å²) in [5, 5.41) is 0. The molecule has 0 fully saturated rings. The van der Waals surface area contributed by atoms with Gasteiger partial charge < -0.3 is 19.8 Å². The SMILES string of the molecule is [CH3-].[Cl-].[Cr+4].c1cc[cH-]c1.c1cc[cH-]c1. The second-order valence-corrected chi connectivity index (χ2v) is 1.92. The fourth-order valence-electron chi connectivity index (χ4n) is 0.642.